The number of benzene rings is 1. The first kappa shape index (κ1) is 12.2. The number of hydrogen-bond acceptors (Lipinski definition) is 2. The van der Waals surface area contributed by atoms with Crippen LogP contribution in [0.25, 0.3) is 0 Å². The van der Waals surface area contributed by atoms with Crippen molar-refractivity contribution in [1.82, 2.24) is 0 Å². The van der Waals surface area contributed by atoms with Gasteiger partial charge < -0.3 is 9.53 Å². The smallest absolute Gasteiger partial charge is 0.132 e. The molecule has 1 aromatic carbocycles. The Balaban J connectivity index is 3.45. The normalized spacial score (nSPS) is 11.3. The highest BCUT2D eigenvalue weighted by molar-refractivity contribution is 9.10. The first-order chi connectivity index (χ1) is 6.92. The van der Waals surface area contributed by atoms with Gasteiger partial charge in [0.1, 0.15) is 17.9 Å². The second-order valence-corrected chi connectivity index (χ2v) is 4.72. The van der Waals surface area contributed by atoms with E-state index < -0.39 is 11.2 Å². The van der Waals surface area contributed by atoms with E-state index in [1.807, 2.05) is 0 Å². The lowest BCUT2D eigenvalue weighted by Gasteiger charge is -2.21. The third kappa shape index (κ3) is 2.37. The maximum atomic E-state index is 13.7. The Labute approximate surface area is 96.6 Å². The number of hydrogen-bond donors (Lipinski definition) is 0. The SMILES string of the molecule is COc1cc(Br)cc(F)c1C(C)(C)C=O. The summed E-state index contributed by atoms with van der Waals surface area (Å²) in [6.45, 7) is 3.30. The maximum absolute atomic E-state index is 13.7. The van der Waals surface area contributed by atoms with Gasteiger partial charge in [-0.15, -0.1) is 0 Å². The Hall–Kier alpha value is -0.900. The van der Waals surface area contributed by atoms with E-state index in [9.17, 15) is 9.18 Å². The molecule has 0 saturated carbocycles. The van der Waals surface area contributed by atoms with Crippen molar-refractivity contribution < 1.29 is 13.9 Å². The molecular weight excluding hydrogens is 263 g/mol. The summed E-state index contributed by atoms with van der Waals surface area (Å²) < 4.78 is 19.4. The van der Waals surface area contributed by atoms with Crippen LogP contribution in [0.4, 0.5) is 4.39 Å². The zero-order chi connectivity index (χ0) is 11.6. The molecule has 0 fully saturated rings. The van der Waals surface area contributed by atoms with E-state index in [0.717, 1.165) is 0 Å². The second-order valence-electron chi connectivity index (χ2n) is 3.80. The van der Waals surface area contributed by atoms with Crippen LogP contribution in [0.15, 0.2) is 16.6 Å². The molecule has 0 atom stereocenters. The quantitative estimate of drug-likeness (QED) is 0.792. The summed E-state index contributed by atoms with van der Waals surface area (Å²) in [6, 6.07) is 2.97. The molecule has 0 aromatic heterocycles. The van der Waals surface area contributed by atoms with E-state index in [0.29, 0.717) is 16.5 Å². The summed E-state index contributed by atoms with van der Waals surface area (Å²) in [4.78, 5) is 10.9. The van der Waals surface area contributed by atoms with Crippen molar-refractivity contribution in [1.29, 1.82) is 0 Å². The van der Waals surface area contributed by atoms with E-state index in [-0.39, 0.29) is 5.56 Å². The lowest BCUT2D eigenvalue weighted by Crippen LogP contribution is -2.21. The van der Waals surface area contributed by atoms with Crippen molar-refractivity contribution in [3.05, 3.63) is 28.0 Å². The minimum atomic E-state index is -0.893. The summed E-state index contributed by atoms with van der Waals surface area (Å²) in [5, 5.41) is 0. The third-order valence-corrected chi connectivity index (χ3v) is 2.64. The molecule has 0 amide bonds. The van der Waals surface area contributed by atoms with Crippen LogP contribution in [0, 0.1) is 5.82 Å². The highest BCUT2D eigenvalue weighted by atomic mass is 79.9. The maximum Gasteiger partial charge on any atom is 0.132 e. The van der Waals surface area contributed by atoms with Gasteiger partial charge >= 0.3 is 0 Å². The molecule has 0 radical (unpaired) electrons. The van der Waals surface area contributed by atoms with Gasteiger partial charge in [-0.25, -0.2) is 4.39 Å². The summed E-state index contributed by atoms with van der Waals surface area (Å²) in [5.41, 5.74) is -0.612. The first-order valence-corrected chi connectivity index (χ1v) is 5.21. The highest BCUT2D eigenvalue weighted by Crippen LogP contribution is 2.34. The minimum Gasteiger partial charge on any atom is -0.496 e. The Morgan fingerprint density at radius 1 is 1.47 bits per heavy atom. The largest absolute Gasteiger partial charge is 0.496 e. The Morgan fingerprint density at radius 3 is 2.53 bits per heavy atom. The fourth-order valence-electron chi connectivity index (χ4n) is 1.40. The van der Waals surface area contributed by atoms with Gasteiger partial charge in [0.25, 0.3) is 0 Å². The van der Waals surface area contributed by atoms with Gasteiger partial charge in [-0.1, -0.05) is 15.9 Å². The number of rotatable bonds is 3. The van der Waals surface area contributed by atoms with Gasteiger partial charge in [-0.2, -0.15) is 0 Å². The van der Waals surface area contributed by atoms with Crippen LogP contribution in [0.1, 0.15) is 19.4 Å². The average molecular weight is 275 g/mol. The van der Waals surface area contributed by atoms with E-state index >= 15 is 0 Å². The molecule has 0 bridgehead atoms. The first-order valence-electron chi connectivity index (χ1n) is 4.42. The van der Waals surface area contributed by atoms with Crippen LogP contribution >= 0.6 is 15.9 Å². The molecule has 1 rings (SSSR count). The van der Waals surface area contributed by atoms with Crippen molar-refractivity contribution in [2.45, 2.75) is 19.3 Å². The van der Waals surface area contributed by atoms with E-state index in [1.54, 1.807) is 19.9 Å². The molecule has 0 heterocycles. The zero-order valence-electron chi connectivity index (χ0n) is 8.80. The molecule has 4 heteroatoms. The summed E-state index contributed by atoms with van der Waals surface area (Å²) in [6.07, 6.45) is 0.710. The van der Waals surface area contributed by atoms with E-state index in [2.05, 4.69) is 15.9 Å². The third-order valence-electron chi connectivity index (χ3n) is 2.18. The number of aldehydes is 1. The van der Waals surface area contributed by atoms with Crippen LogP contribution in [-0.4, -0.2) is 13.4 Å². The molecular formula is C11H12BrFO2. The van der Waals surface area contributed by atoms with Gasteiger partial charge in [0.2, 0.25) is 0 Å². The van der Waals surface area contributed by atoms with E-state index in [4.69, 9.17) is 4.74 Å². The fraction of sp³-hybridized carbons (Fsp3) is 0.364. The zero-order valence-corrected chi connectivity index (χ0v) is 10.4. The van der Waals surface area contributed by atoms with Gasteiger partial charge in [0.05, 0.1) is 12.5 Å². The number of methoxy groups -OCH3 is 1. The molecule has 0 aliphatic rings. The molecule has 82 valence electrons. The highest BCUT2D eigenvalue weighted by Gasteiger charge is 2.28. The Kier molecular flexibility index (Phi) is 3.50. The predicted octanol–water partition coefficient (Wildman–Crippen LogP) is 3.07. The van der Waals surface area contributed by atoms with Gasteiger partial charge in [0.15, 0.2) is 0 Å². The van der Waals surface area contributed by atoms with Gasteiger partial charge in [-0.05, 0) is 26.0 Å². The molecule has 0 aliphatic heterocycles. The minimum absolute atomic E-state index is 0.281. The van der Waals surface area contributed by atoms with Crippen molar-refractivity contribution in [3.63, 3.8) is 0 Å². The monoisotopic (exact) mass is 274 g/mol. The van der Waals surface area contributed by atoms with Crippen molar-refractivity contribution >= 4 is 22.2 Å². The van der Waals surface area contributed by atoms with Crippen LogP contribution in [0.2, 0.25) is 0 Å². The van der Waals surface area contributed by atoms with E-state index in [1.165, 1.54) is 13.2 Å². The molecule has 0 saturated heterocycles. The van der Waals surface area contributed by atoms with Crippen LogP contribution in [-0.2, 0) is 10.2 Å². The van der Waals surface area contributed by atoms with Crippen LogP contribution in [0.3, 0.4) is 0 Å². The topological polar surface area (TPSA) is 26.3 Å². The van der Waals surface area contributed by atoms with Crippen molar-refractivity contribution in [2.24, 2.45) is 0 Å². The molecule has 0 aliphatic carbocycles. The van der Waals surface area contributed by atoms with Crippen LogP contribution in [0.5, 0.6) is 5.75 Å². The molecule has 1 aromatic rings. The summed E-state index contributed by atoms with van der Waals surface area (Å²) in [7, 11) is 1.45. The Morgan fingerprint density at radius 2 is 2.07 bits per heavy atom. The lowest BCUT2D eigenvalue weighted by atomic mass is 9.85. The number of carbonyl (C=O) groups is 1. The van der Waals surface area contributed by atoms with Crippen molar-refractivity contribution in [2.75, 3.05) is 7.11 Å². The predicted molar refractivity (Wildman–Crippen MR) is 59.7 cm³/mol. The fourth-order valence-corrected chi connectivity index (χ4v) is 1.80. The molecule has 15 heavy (non-hydrogen) atoms. The molecule has 0 spiro atoms. The average Bonchev–Trinajstić information content (AvgIpc) is 2.15. The summed E-state index contributed by atoms with van der Waals surface area (Å²) >= 11 is 3.17. The Bertz CT molecular complexity index is 388. The number of carbonyl (C=O) groups excluding carboxylic acids is 1. The second kappa shape index (κ2) is 4.31. The number of halogens is 2. The number of ether oxygens (including phenoxy) is 1. The van der Waals surface area contributed by atoms with Gasteiger partial charge in [0, 0.05) is 10.0 Å². The molecule has 2 nitrogen and oxygen atoms in total. The molecule has 0 N–H and O–H groups in total. The standard InChI is InChI=1S/C11H12BrFO2/c1-11(2,6-14)10-8(13)4-7(12)5-9(10)15-3/h4-6H,1-3H3. The molecule has 0 unspecified atom stereocenters. The van der Waals surface area contributed by atoms with Crippen molar-refractivity contribution in [3.8, 4) is 5.75 Å². The summed E-state index contributed by atoms with van der Waals surface area (Å²) in [5.74, 6) is -0.0719. The lowest BCUT2D eigenvalue weighted by molar-refractivity contribution is -0.111. The van der Waals surface area contributed by atoms with Crippen LogP contribution < -0.4 is 4.74 Å². The van der Waals surface area contributed by atoms with Gasteiger partial charge in [-0.3, -0.25) is 0 Å².